The van der Waals surface area contributed by atoms with Crippen LogP contribution in [0, 0.1) is 11.7 Å². The highest BCUT2D eigenvalue weighted by molar-refractivity contribution is 7.15. The van der Waals surface area contributed by atoms with Gasteiger partial charge < -0.3 is 9.47 Å². The van der Waals surface area contributed by atoms with E-state index in [9.17, 15) is 9.18 Å². The number of aromatic nitrogens is 3. The molecule has 0 saturated heterocycles. The lowest BCUT2D eigenvalue weighted by atomic mass is 10.1. The number of halogens is 1. The van der Waals surface area contributed by atoms with Crippen LogP contribution in [0.5, 0.6) is 11.5 Å². The van der Waals surface area contributed by atoms with Crippen LogP contribution in [0.25, 0.3) is 22.4 Å². The quantitative estimate of drug-likeness (QED) is 0.436. The van der Waals surface area contributed by atoms with E-state index in [4.69, 9.17) is 9.47 Å². The van der Waals surface area contributed by atoms with Crippen LogP contribution in [-0.2, 0) is 0 Å². The van der Waals surface area contributed by atoms with Crippen molar-refractivity contribution in [1.82, 2.24) is 14.6 Å². The van der Waals surface area contributed by atoms with Crippen molar-refractivity contribution in [2.75, 3.05) is 13.7 Å². The van der Waals surface area contributed by atoms with Crippen molar-refractivity contribution in [2.24, 2.45) is 5.92 Å². The lowest BCUT2D eigenvalue weighted by molar-refractivity contribution is 0.273. The summed E-state index contributed by atoms with van der Waals surface area (Å²) in [6, 6.07) is 11.4. The first-order valence-electron chi connectivity index (χ1n) is 9.92. The zero-order valence-electron chi connectivity index (χ0n) is 17.5. The maximum absolute atomic E-state index is 13.1. The van der Waals surface area contributed by atoms with Crippen LogP contribution in [0.1, 0.15) is 25.8 Å². The molecule has 2 heterocycles. The molecule has 4 rings (SSSR count). The Morgan fingerprint density at radius 2 is 1.94 bits per heavy atom. The van der Waals surface area contributed by atoms with Crippen molar-refractivity contribution < 1.29 is 13.9 Å². The third kappa shape index (κ3) is 4.59. The first-order chi connectivity index (χ1) is 14.9. The lowest BCUT2D eigenvalue weighted by Gasteiger charge is -2.12. The van der Waals surface area contributed by atoms with Crippen molar-refractivity contribution in [3.63, 3.8) is 0 Å². The highest BCUT2D eigenvalue weighted by Crippen LogP contribution is 2.28. The predicted octanol–water partition coefficient (Wildman–Crippen LogP) is 3.94. The summed E-state index contributed by atoms with van der Waals surface area (Å²) >= 11 is 1.25. The van der Waals surface area contributed by atoms with E-state index >= 15 is 0 Å². The highest BCUT2D eigenvalue weighted by atomic mass is 32.1. The van der Waals surface area contributed by atoms with E-state index in [1.165, 1.54) is 28.0 Å². The van der Waals surface area contributed by atoms with E-state index in [0.29, 0.717) is 44.9 Å². The Hall–Kier alpha value is -3.26. The molecule has 4 aromatic rings. The zero-order chi connectivity index (χ0) is 22.0. The second kappa shape index (κ2) is 8.85. The molecule has 0 amide bonds. The minimum absolute atomic E-state index is 0.253. The molecule has 0 bridgehead atoms. The molecule has 0 aliphatic carbocycles. The molecule has 160 valence electrons. The van der Waals surface area contributed by atoms with Crippen molar-refractivity contribution in [3.05, 3.63) is 68.7 Å². The van der Waals surface area contributed by atoms with Crippen LogP contribution >= 0.6 is 11.3 Å². The van der Waals surface area contributed by atoms with Crippen LogP contribution in [0.4, 0.5) is 4.39 Å². The molecule has 2 aromatic carbocycles. The van der Waals surface area contributed by atoms with Crippen LogP contribution in [0.2, 0.25) is 0 Å². The third-order valence-electron chi connectivity index (χ3n) is 4.72. The zero-order valence-corrected chi connectivity index (χ0v) is 18.3. The van der Waals surface area contributed by atoms with E-state index in [0.717, 1.165) is 12.0 Å². The van der Waals surface area contributed by atoms with Gasteiger partial charge in [0.2, 0.25) is 4.96 Å². The molecule has 0 spiro atoms. The van der Waals surface area contributed by atoms with Gasteiger partial charge in [-0.2, -0.15) is 9.50 Å². The number of nitrogens with zero attached hydrogens (tertiary/aromatic N) is 3. The number of ether oxygens (including phenoxy) is 2. The minimum Gasteiger partial charge on any atom is -0.493 e. The Bertz CT molecular complexity index is 1310. The van der Waals surface area contributed by atoms with Crippen LogP contribution < -0.4 is 19.6 Å². The van der Waals surface area contributed by atoms with E-state index in [1.54, 1.807) is 25.3 Å². The number of hydrogen-bond acceptors (Lipinski definition) is 6. The van der Waals surface area contributed by atoms with E-state index in [2.05, 4.69) is 23.9 Å². The van der Waals surface area contributed by atoms with Crippen LogP contribution in [0.3, 0.4) is 0 Å². The van der Waals surface area contributed by atoms with E-state index in [-0.39, 0.29) is 11.4 Å². The first-order valence-corrected chi connectivity index (χ1v) is 10.7. The highest BCUT2D eigenvalue weighted by Gasteiger charge is 2.12. The Labute approximate surface area is 182 Å². The molecule has 8 heteroatoms. The van der Waals surface area contributed by atoms with Crippen molar-refractivity contribution in [3.8, 4) is 22.9 Å². The summed E-state index contributed by atoms with van der Waals surface area (Å²) in [5, 5.41) is 4.29. The minimum atomic E-state index is -0.335. The summed E-state index contributed by atoms with van der Waals surface area (Å²) in [6.45, 7) is 4.91. The number of methoxy groups -OCH3 is 1. The molecule has 0 saturated carbocycles. The van der Waals surface area contributed by atoms with Gasteiger partial charge in [0, 0.05) is 5.56 Å². The first kappa shape index (κ1) is 21.0. The fourth-order valence-electron chi connectivity index (χ4n) is 3.00. The molecule has 2 aromatic heterocycles. The van der Waals surface area contributed by atoms with Gasteiger partial charge in [-0.1, -0.05) is 31.3 Å². The number of thiazole rings is 1. The summed E-state index contributed by atoms with van der Waals surface area (Å²) in [4.78, 5) is 17.7. The Balaban J connectivity index is 1.63. The summed E-state index contributed by atoms with van der Waals surface area (Å²) < 4.78 is 26.2. The predicted molar refractivity (Wildman–Crippen MR) is 119 cm³/mol. The molecular weight excluding hydrogens is 417 g/mol. The van der Waals surface area contributed by atoms with Crippen molar-refractivity contribution in [2.45, 2.75) is 20.3 Å². The summed E-state index contributed by atoms with van der Waals surface area (Å²) in [7, 11) is 1.59. The molecular formula is C23H22FN3O3S. The molecule has 31 heavy (non-hydrogen) atoms. The van der Waals surface area contributed by atoms with Gasteiger partial charge in [0.15, 0.2) is 17.3 Å². The molecule has 0 aliphatic heterocycles. The van der Waals surface area contributed by atoms with Gasteiger partial charge in [-0.05, 0) is 60.4 Å². The van der Waals surface area contributed by atoms with Gasteiger partial charge in [0.1, 0.15) is 5.82 Å². The van der Waals surface area contributed by atoms with Gasteiger partial charge >= 0.3 is 0 Å². The number of benzene rings is 2. The van der Waals surface area contributed by atoms with E-state index in [1.807, 2.05) is 18.2 Å². The molecule has 0 atom stereocenters. The molecule has 0 N–H and O–H groups in total. The summed E-state index contributed by atoms with van der Waals surface area (Å²) in [5.74, 6) is 1.90. The lowest BCUT2D eigenvalue weighted by Crippen LogP contribution is -2.23. The summed E-state index contributed by atoms with van der Waals surface area (Å²) in [5.41, 5.74) is 1.21. The second-order valence-corrected chi connectivity index (χ2v) is 8.50. The molecule has 6 nitrogen and oxygen atoms in total. The Kier molecular flexibility index (Phi) is 5.99. The summed E-state index contributed by atoms with van der Waals surface area (Å²) in [6.07, 6.45) is 2.74. The van der Waals surface area contributed by atoms with Gasteiger partial charge in [-0.15, -0.1) is 5.10 Å². The molecule has 0 radical (unpaired) electrons. The molecule has 0 unspecified atom stereocenters. The van der Waals surface area contributed by atoms with Crippen molar-refractivity contribution >= 4 is 22.4 Å². The average molecular weight is 440 g/mol. The average Bonchev–Trinajstić information content (AvgIpc) is 3.28. The topological polar surface area (TPSA) is 65.7 Å². The standard InChI is InChI=1S/C23H22FN3O3S/c1-14(2)10-11-30-18-9-4-15(12-19(18)29-3)13-20-22(28)27-23(31-20)25-21(26-27)16-5-7-17(24)8-6-16/h4-9,12-14H,10-11H2,1-3H3/b20-13-. The number of hydrogen-bond donors (Lipinski definition) is 0. The Morgan fingerprint density at radius 1 is 1.16 bits per heavy atom. The molecule has 0 fully saturated rings. The number of fused-ring (bicyclic) bond motifs is 1. The second-order valence-electron chi connectivity index (χ2n) is 7.49. The fourth-order valence-corrected chi connectivity index (χ4v) is 3.91. The monoisotopic (exact) mass is 439 g/mol. The van der Waals surface area contributed by atoms with Gasteiger partial charge in [-0.25, -0.2) is 4.39 Å². The van der Waals surface area contributed by atoms with Crippen LogP contribution in [-0.4, -0.2) is 28.3 Å². The van der Waals surface area contributed by atoms with E-state index < -0.39 is 0 Å². The van der Waals surface area contributed by atoms with Gasteiger partial charge in [0.05, 0.1) is 18.2 Å². The number of rotatable bonds is 7. The normalized spacial score (nSPS) is 12.1. The van der Waals surface area contributed by atoms with Gasteiger partial charge in [0.25, 0.3) is 5.56 Å². The Morgan fingerprint density at radius 3 is 2.61 bits per heavy atom. The fraction of sp³-hybridized carbons (Fsp3) is 0.261. The van der Waals surface area contributed by atoms with Crippen LogP contribution in [0.15, 0.2) is 47.3 Å². The largest absolute Gasteiger partial charge is 0.493 e. The maximum Gasteiger partial charge on any atom is 0.291 e. The van der Waals surface area contributed by atoms with Gasteiger partial charge in [-0.3, -0.25) is 4.79 Å². The third-order valence-corrected chi connectivity index (χ3v) is 5.68. The van der Waals surface area contributed by atoms with Crippen molar-refractivity contribution in [1.29, 1.82) is 0 Å². The SMILES string of the molecule is COc1cc(/C=c2\sc3nc(-c4ccc(F)cc4)nn3c2=O)ccc1OCCC(C)C. The maximum atomic E-state index is 13.1. The molecule has 0 aliphatic rings. The smallest absolute Gasteiger partial charge is 0.291 e.